The predicted octanol–water partition coefficient (Wildman–Crippen LogP) is 5.60. The second-order valence-electron chi connectivity index (χ2n) is 7.21. The van der Waals surface area contributed by atoms with Crippen molar-refractivity contribution in [2.75, 3.05) is 0 Å². The molecule has 0 saturated carbocycles. The van der Waals surface area contributed by atoms with Crippen LogP contribution in [0.3, 0.4) is 0 Å². The molecule has 0 aliphatic rings. The second-order valence-corrected chi connectivity index (χ2v) is 7.21. The van der Waals surface area contributed by atoms with E-state index in [2.05, 4.69) is 0 Å². The van der Waals surface area contributed by atoms with Crippen LogP contribution in [0.25, 0.3) is 22.3 Å². The second kappa shape index (κ2) is 7.40. The number of fused-ring (bicyclic) bond motifs is 1. The molecular formula is C25H20O4. The molecule has 0 fully saturated rings. The summed E-state index contributed by atoms with van der Waals surface area (Å²) in [6.45, 7) is 5.84. The lowest BCUT2D eigenvalue weighted by atomic mass is 10.1. The normalized spacial score (nSPS) is 10.9. The summed E-state index contributed by atoms with van der Waals surface area (Å²) in [5.41, 5.74) is 4.20. The molecule has 0 atom stereocenters. The molecule has 0 spiro atoms. The number of hydrogen-bond donors (Lipinski definition) is 0. The maximum absolute atomic E-state index is 13.2. The number of esters is 1. The van der Waals surface area contributed by atoms with Crippen LogP contribution in [-0.2, 0) is 0 Å². The molecule has 144 valence electrons. The standard InChI is InChI=1S/C25H20O4/c1-15-4-9-18(10-5-15)23-24(29-25(27)19-11-6-16(2)7-12-19)22(26)20-13-8-17(3)14-21(20)28-23/h4-14H,1-3H3. The first-order valence-electron chi connectivity index (χ1n) is 9.36. The highest BCUT2D eigenvalue weighted by Crippen LogP contribution is 2.32. The van der Waals surface area contributed by atoms with Crippen LogP contribution in [0, 0.1) is 20.8 Å². The molecular weight excluding hydrogens is 364 g/mol. The highest BCUT2D eigenvalue weighted by atomic mass is 16.5. The van der Waals surface area contributed by atoms with Gasteiger partial charge >= 0.3 is 5.97 Å². The van der Waals surface area contributed by atoms with Crippen molar-refractivity contribution >= 4 is 16.9 Å². The van der Waals surface area contributed by atoms with Crippen molar-refractivity contribution in [1.82, 2.24) is 0 Å². The van der Waals surface area contributed by atoms with Gasteiger partial charge in [0.1, 0.15) is 5.58 Å². The van der Waals surface area contributed by atoms with Crippen LogP contribution in [0.5, 0.6) is 5.75 Å². The number of rotatable bonds is 3. The Hall–Kier alpha value is -3.66. The summed E-state index contributed by atoms with van der Waals surface area (Å²) in [5, 5.41) is 0.373. The van der Waals surface area contributed by atoms with Gasteiger partial charge in [-0.25, -0.2) is 4.79 Å². The number of hydrogen-bond acceptors (Lipinski definition) is 4. The molecule has 1 heterocycles. The number of carbonyl (C=O) groups is 1. The summed E-state index contributed by atoms with van der Waals surface area (Å²) in [4.78, 5) is 25.9. The van der Waals surface area contributed by atoms with Gasteiger partial charge in [-0.1, -0.05) is 53.6 Å². The van der Waals surface area contributed by atoms with Crippen molar-refractivity contribution < 1.29 is 13.9 Å². The van der Waals surface area contributed by atoms with E-state index in [1.54, 1.807) is 24.3 Å². The summed E-state index contributed by atoms with van der Waals surface area (Å²) in [5.74, 6) is -0.457. The molecule has 0 aliphatic heterocycles. The number of carbonyl (C=O) groups excluding carboxylic acids is 1. The van der Waals surface area contributed by atoms with Crippen LogP contribution < -0.4 is 10.2 Å². The lowest BCUT2D eigenvalue weighted by Crippen LogP contribution is -2.16. The Labute approximate surface area is 168 Å². The van der Waals surface area contributed by atoms with Crippen molar-refractivity contribution in [3.8, 4) is 17.1 Å². The minimum atomic E-state index is -0.600. The molecule has 0 unspecified atom stereocenters. The molecule has 0 saturated heterocycles. The lowest BCUT2D eigenvalue weighted by molar-refractivity contribution is 0.0731. The molecule has 0 aliphatic carbocycles. The molecule has 4 nitrogen and oxygen atoms in total. The minimum absolute atomic E-state index is 0.101. The maximum Gasteiger partial charge on any atom is 0.343 e. The predicted molar refractivity (Wildman–Crippen MR) is 114 cm³/mol. The monoisotopic (exact) mass is 384 g/mol. The Morgan fingerprint density at radius 3 is 2.03 bits per heavy atom. The van der Waals surface area contributed by atoms with E-state index in [0.717, 1.165) is 16.7 Å². The zero-order valence-corrected chi connectivity index (χ0v) is 16.5. The lowest BCUT2D eigenvalue weighted by Gasteiger charge is -2.11. The quantitative estimate of drug-likeness (QED) is 0.431. The summed E-state index contributed by atoms with van der Waals surface area (Å²) >= 11 is 0. The van der Waals surface area contributed by atoms with Crippen molar-refractivity contribution in [3.05, 3.63) is 99.2 Å². The summed E-state index contributed by atoms with van der Waals surface area (Å²) in [7, 11) is 0. The Kier molecular flexibility index (Phi) is 4.77. The molecule has 4 heteroatoms. The summed E-state index contributed by atoms with van der Waals surface area (Å²) in [6, 6.07) is 19.9. The fourth-order valence-corrected chi connectivity index (χ4v) is 3.11. The molecule has 0 radical (unpaired) electrons. The molecule has 29 heavy (non-hydrogen) atoms. The Balaban J connectivity index is 1.89. The number of benzene rings is 3. The van der Waals surface area contributed by atoms with Gasteiger partial charge in [-0.2, -0.15) is 0 Å². The topological polar surface area (TPSA) is 56.5 Å². The van der Waals surface area contributed by atoms with Crippen LogP contribution in [0.2, 0.25) is 0 Å². The zero-order chi connectivity index (χ0) is 20.5. The fourth-order valence-electron chi connectivity index (χ4n) is 3.11. The van der Waals surface area contributed by atoms with E-state index >= 15 is 0 Å². The summed E-state index contributed by atoms with van der Waals surface area (Å²) in [6.07, 6.45) is 0. The molecule has 4 rings (SSSR count). The van der Waals surface area contributed by atoms with Crippen LogP contribution in [0.4, 0.5) is 0 Å². The first-order valence-corrected chi connectivity index (χ1v) is 9.36. The molecule has 0 N–H and O–H groups in total. The van der Waals surface area contributed by atoms with Crippen molar-refractivity contribution in [1.29, 1.82) is 0 Å². The molecule has 3 aromatic carbocycles. The average molecular weight is 384 g/mol. The maximum atomic E-state index is 13.2. The van der Waals surface area contributed by atoms with E-state index < -0.39 is 5.97 Å². The van der Waals surface area contributed by atoms with Crippen molar-refractivity contribution in [3.63, 3.8) is 0 Å². The highest BCUT2D eigenvalue weighted by Gasteiger charge is 2.21. The number of aryl methyl sites for hydroxylation is 3. The van der Waals surface area contributed by atoms with Crippen molar-refractivity contribution in [2.24, 2.45) is 0 Å². The smallest absolute Gasteiger partial charge is 0.343 e. The van der Waals surface area contributed by atoms with E-state index in [1.165, 1.54) is 0 Å². The van der Waals surface area contributed by atoms with E-state index in [4.69, 9.17) is 9.15 Å². The fraction of sp³-hybridized carbons (Fsp3) is 0.120. The van der Waals surface area contributed by atoms with Gasteiger partial charge in [-0.05, 0) is 50.6 Å². The van der Waals surface area contributed by atoms with Gasteiger partial charge in [0.2, 0.25) is 11.2 Å². The van der Waals surface area contributed by atoms with E-state index in [9.17, 15) is 9.59 Å². The molecule has 1 aromatic heterocycles. The van der Waals surface area contributed by atoms with Crippen LogP contribution >= 0.6 is 0 Å². The molecule has 0 amide bonds. The Morgan fingerprint density at radius 1 is 0.793 bits per heavy atom. The van der Waals surface area contributed by atoms with Gasteiger partial charge in [-0.3, -0.25) is 4.79 Å². The Morgan fingerprint density at radius 2 is 1.38 bits per heavy atom. The van der Waals surface area contributed by atoms with Crippen LogP contribution in [0.15, 0.2) is 75.9 Å². The van der Waals surface area contributed by atoms with Gasteiger partial charge in [0.25, 0.3) is 0 Å². The van der Waals surface area contributed by atoms with E-state index in [-0.39, 0.29) is 16.9 Å². The Bertz CT molecular complexity index is 1260. The zero-order valence-electron chi connectivity index (χ0n) is 16.5. The summed E-state index contributed by atoms with van der Waals surface area (Å²) < 4.78 is 11.6. The van der Waals surface area contributed by atoms with Gasteiger partial charge in [0.05, 0.1) is 10.9 Å². The van der Waals surface area contributed by atoms with Gasteiger partial charge in [-0.15, -0.1) is 0 Å². The van der Waals surface area contributed by atoms with Crippen LogP contribution in [0.1, 0.15) is 27.0 Å². The van der Waals surface area contributed by atoms with Gasteiger partial charge in [0, 0.05) is 5.56 Å². The van der Waals surface area contributed by atoms with Crippen LogP contribution in [-0.4, -0.2) is 5.97 Å². The SMILES string of the molecule is Cc1ccc(C(=O)Oc2c(-c3ccc(C)cc3)oc3cc(C)ccc3c2=O)cc1. The third-order valence-corrected chi connectivity index (χ3v) is 4.80. The van der Waals surface area contributed by atoms with Crippen molar-refractivity contribution in [2.45, 2.75) is 20.8 Å². The molecule has 4 aromatic rings. The average Bonchev–Trinajstić information content (AvgIpc) is 2.71. The van der Waals surface area contributed by atoms with E-state index in [0.29, 0.717) is 22.1 Å². The first kappa shape index (κ1) is 18.7. The highest BCUT2D eigenvalue weighted by molar-refractivity contribution is 5.93. The largest absolute Gasteiger partial charge is 0.452 e. The van der Waals surface area contributed by atoms with Gasteiger partial charge in [0.15, 0.2) is 5.76 Å². The number of ether oxygens (including phenoxy) is 1. The molecule has 0 bridgehead atoms. The van der Waals surface area contributed by atoms with Gasteiger partial charge < -0.3 is 9.15 Å². The third-order valence-electron chi connectivity index (χ3n) is 4.80. The first-order chi connectivity index (χ1) is 13.9. The third kappa shape index (κ3) is 3.69. The van der Waals surface area contributed by atoms with E-state index in [1.807, 2.05) is 63.2 Å². The minimum Gasteiger partial charge on any atom is -0.452 e.